The lowest BCUT2D eigenvalue weighted by atomic mass is 9.96. The van der Waals surface area contributed by atoms with Gasteiger partial charge in [-0.25, -0.2) is 0 Å². The normalized spacial score (nSPS) is 14.4. The van der Waals surface area contributed by atoms with Gasteiger partial charge in [0.2, 0.25) is 11.8 Å². The van der Waals surface area contributed by atoms with Crippen LogP contribution in [0.2, 0.25) is 0 Å². The third-order valence-corrected chi connectivity index (χ3v) is 3.96. The van der Waals surface area contributed by atoms with Gasteiger partial charge in [-0.15, -0.1) is 0 Å². The Morgan fingerprint density at radius 1 is 1.28 bits per heavy atom. The number of carbonyl (C=O) groups excluding carboxylic acids is 1. The van der Waals surface area contributed by atoms with E-state index in [-0.39, 0.29) is 24.3 Å². The Hall–Kier alpha value is -2.15. The first-order chi connectivity index (χ1) is 11.5. The molecule has 1 unspecified atom stereocenters. The van der Waals surface area contributed by atoms with Crippen molar-refractivity contribution in [2.24, 2.45) is 0 Å². The second-order valence-electron chi connectivity index (χ2n) is 7.64. The van der Waals surface area contributed by atoms with Gasteiger partial charge in [-0.2, -0.15) is 4.98 Å². The molecule has 0 aliphatic heterocycles. The van der Waals surface area contributed by atoms with Crippen molar-refractivity contribution >= 4 is 5.91 Å². The molecule has 0 aromatic carbocycles. The summed E-state index contributed by atoms with van der Waals surface area (Å²) in [6.07, 6.45) is 0.576. The van der Waals surface area contributed by atoms with Crippen LogP contribution in [0.4, 0.5) is 0 Å². The van der Waals surface area contributed by atoms with Crippen LogP contribution in [0.3, 0.4) is 0 Å². The summed E-state index contributed by atoms with van der Waals surface area (Å²) in [5.41, 5.74) is -0.706. The predicted octanol–water partition coefficient (Wildman–Crippen LogP) is 2.53. The van der Waals surface area contributed by atoms with Crippen LogP contribution in [0, 0.1) is 13.8 Å². The van der Waals surface area contributed by atoms with Crippen molar-refractivity contribution in [3.63, 3.8) is 0 Å². The van der Waals surface area contributed by atoms with E-state index in [1.54, 1.807) is 19.9 Å². The van der Waals surface area contributed by atoms with Crippen molar-refractivity contribution in [2.45, 2.75) is 65.4 Å². The fourth-order valence-electron chi connectivity index (χ4n) is 2.50. The van der Waals surface area contributed by atoms with Gasteiger partial charge in [0.25, 0.3) is 0 Å². The quantitative estimate of drug-likeness (QED) is 0.831. The fourth-order valence-corrected chi connectivity index (χ4v) is 2.50. The van der Waals surface area contributed by atoms with Gasteiger partial charge in [0.05, 0.1) is 6.54 Å². The summed E-state index contributed by atoms with van der Waals surface area (Å²) in [6.45, 7) is 11.4. The molecular formula is C18H27N3O4. The molecule has 2 heterocycles. The second-order valence-corrected chi connectivity index (χ2v) is 7.64. The Bertz CT molecular complexity index is 738. The molecule has 7 nitrogen and oxygen atoms in total. The van der Waals surface area contributed by atoms with E-state index in [4.69, 9.17) is 8.94 Å². The maximum absolute atomic E-state index is 12.1. The number of carbonyl (C=O) groups is 1. The number of hydrogen-bond acceptors (Lipinski definition) is 6. The highest BCUT2D eigenvalue weighted by atomic mass is 16.5. The Morgan fingerprint density at radius 3 is 2.48 bits per heavy atom. The zero-order valence-corrected chi connectivity index (χ0v) is 15.8. The predicted molar refractivity (Wildman–Crippen MR) is 92.1 cm³/mol. The molecule has 7 heteroatoms. The summed E-state index contributed by atoms with van der Waals surface area (Å²) in [5, 5.41) is 17.3. The molecule has 0 fully saturated rings. The first-order valence-electron chi connectivity index (χ1n) is 8.39. The first kappa shape index (κ1) is 19.2. The van der Waals surface area contributed by atoms with Gasteiger partial charge in [-0.05, 0) is 26.8 Å². The fraction of sp³-hybridized carbons (Fsp3) is 0.611. The maximum Gasteiger partial charge on any atom is 0.227 e. The molecule has 2 rings (SSSR count). The molecule has 0 saturated heterocycles. The zero-order valence-electron chi connectivity index (χ0n) is 15.8. The van der Waals surface area contributed by atoms with Crippen molar-refractivity contribution in [3.8, 4) is 0 Å². The molecule has 0 saturated carbocycles. The van der Waals surface area contributed by atoms with Gasteiger partial charge in [0.15, 0.2) is 5.82 Å². The van der Waals surface area contributed by atoms with Gasteiger partial charge < -0.3 is 19.4 Å². The van der Waals surface area contributed by atoms with Gasteiger partial charge in [0, 0.05) is 23.8 Å². The standard InChI is InChI=1S/C18H27N3O4/c1-11-9-13(12(2)24-11)18(6,23)10-19-14(22)7-8-15-20-16(21-25-15)17(3,4)5/h9,23H,7-8,10H2,1-6H3,(H,19,22). The molecule has 0 radical (unpaired) electrons. The Kier molecular flexibility index (Phi) is 5.37. The van der Waals surface area contributed by atoms with Crippen molar-refractivity contribution in [1.29, 1.82) is 0 Å². The van der Waals surface area contributed by atoms with Gasteiger partial charge >= 0.3 is 0 Å². The Labute approximate surface area is 147 Å². The van der Waals surface area contributed by atoms with Crippen LogP contribution < -0.4 is 5.32 Å². The van der Waals surface area contributed by atoms with Crippen molar-refractivity contribution in [1.82, 2.24) is 15.5 Å². The lowest BCUT2D eigenvalue weighted by Gasteiger charge is -2.23. The molecule has 2 aromatic rings. The summed E-state index contributed by atoms with van der Waals surface area (Å²) in [4.78, 5) is 16.4. The second kappa shape index (κ2) is 7.00. The van der Waals surface area contributed by atoms with Crippen LogP contribution in [-0.2, 0) is 22.2 Å². The van der Waals surface area contributed by atoms with E-state index in [0.29, 0.717) is 29.5 Å². The highest BCUT2D eigenvalue weighted by Gasteiger charge is 2.28. The molecule has 0 bridgehead atoms. The van der Waals surface area contributed by atoms with E-state index in [2.05, 4.69) is 15.5 Å². The minimum atomic E-state index is -1.19. The molecule has 138 valence electrons. The number of rotatable bonds is 6. The summed E-state index contributed by atoms with van der Waals surface area (Å²) >= 11 is 0. The third kappa shape index (κ3) is 4.92. The maximum atomic E-state index is 12.1. The number of nitrogens with one attached hydrogen (secondary N) is 1. The minimum absolute atomic E-state index is 0.0999. The summed E-state index contributed by atoms with van der Waals surface area (Å²) < 4.78 is 10.6. The summed E-state index contributed by atoms with van der Waals surface area (Å²) in [6, 6.07) is 1.79. The van der Waals surface area contributed by atoms with Crippen molar-refractivity contribution in [2.75, 3.05) is 6.54 Å². The molecule has 1 atom stereocenters. The highest BCUT2D eigenvalue weighted by molar-refractivity contribution is 5.76. The van der Waals surface area contributed by atoms with E-state index < -0.39 is 5.60 Å². The number of aromatic nitrogens is 2. The zero-order chi connectivity index (χ0) is 18.8. The number of amides is 1. The number of nitrogens with zero attached hydrogens (tertiary/aromatic N) is 2. The monoisotopic (exact) mass is 349 g/mol. The van der Waals surface area contributed by atoms with Crippen LogP contribution >= 0.6 is 0 Å². The molecule has 25 heavy (non-hydrogen) atoms. The topological polar surface area (TPSA) is 101 Å². The Balaban J connectivity index is 1.86. The average molecular weight is 349 g/mol. The van der Waals surface area contributed by atoms with E-state index in [0.717, 1.165) is 5.76 Å². The Morgan fingerprint density at radius 2 is 1.96 bits per heavy atom. The van der Waals surface area contributed by atoms with E-state index in [1.807, 2.05) is 27.7 Å². The summed E-state index contributed by atoms with van der Waals surface area (Å²) in [7, 11) is 0. The van der Waals surface area contributed by atoms with Crippen LogP contribution in [0.25, 0.3) is 0 Å². The number of furan rings is 1. The minimum Gasteiger partial charge on any atom is -0.466 e. The van der Waals surface area contributed by atoms with Crippen LogP contribution in [0.15, 0.2) is 15.0 Å². The molecule has 2 N–H and O–H groups in total. The largest absolute Gasteiger partial charge is 0.466 e. The summed E-state index contributed by atoms with van der Waals surface area (Å²) in [5.74, 6) is 2.25. The average Bonchev–Trinajstić information content (AvgIpc) is 3.09. The lowest BCUT2D eigenvalue weighted by molar-refractivity contribution is -0.122. The molecule has 2 aromatic heterocycles. The third-order valence-electron chi connectivity index (χ3n) is 3.96. The van der Waals surface area contributed by atoms with Crippen LogP contribution in [0.1, 0.15) is 62.9 Å². The molecular weight excluding hydrogens is 322 g/mol. The number of aryl methyl sites for hydroxylation is 3. The molecule has 0 aliphatic rings. The highest BCUT2D eigenvalue weighted by Crippen LogP contribution is 2.26. The van der Waals surface area contributed by atoms with E-state index >= 15 is 0 Å². The lowest BCUT2D eigenvalue weighted by Crippen LogP contribution is -2.38. The van der Waals surface area contributed by atoms with Crippen LogP contribution in [-0.4, -0.2) is 27.7 Å². The van der Waals surface area contributed by atoms with Gasteiger partial charge in [0.1, 0.15) is 17.1 Å². The van der Waals surface area contributed by atoms with Gasteiger partial charge in [-0.3, -0.25) is 4.79 Å². The molecule has 0 spiro atoms. The SMILES string of the molecule is Cc1cc(C(C)(O)CNC(=O)CCc2nc(C(C)(C)C)no2)c(C)o1. The molecule has 1 amide bonds. The van der Waals surface area contributed by atoms with Crippen molar-refractivity contribution in [3.05, 3.63) is 34.9 Å². The van der Waals surface area contributed by atoms with Crippen LogP contribution in [0.5, 0.6) is 0 Å². The smallest absolute Gasteiger partial charge is 0.227 e. The first-order valence-corrected chi connectivity index (χ1v) is 8.39. The van der Waals surface area contributed by atoms with E-state index in [1.165, 1.54) is 0 Å². The van der Waals surface area contributed by atoms with Gasteiger partial charge in [-0.1, -0.05) is 25.9 Å². The van der Waals surface area contributed by atoms with Crippen molar-refractivity contribution < 1.29 is 18.8 Å². The molecule has 0 aliphatic carbocycles. The number of hydrogen-bond donors (Lipinski definition) is 2. The number of aliphatic hydroxyl groups is 1. The van der Waals surface area contributed by atoms with E-state index in [9.17, 15) is 9.90 Å².